The van der Waals surface area contributed by atoms with E-state index < -0.39 is 0 Å². The van der Waals surface area contributed by atoms with Crippen LogP contribution in [0.5, 0.6) is 0 Å². The number of fused-ring (bicyclic) bond motifs is 2. The van der Waals surface area contributed by atoms with Gasteiger partial charge < -0.3 is 8.83 Å². The third kappa shape index (κ3) is 3.67. The molecule has 1 fully saturated rings. The Bertz CT molecular complexity index is 799. The molecule has 1 aromatic carbocycles. The Kier molecular flexibility index (Phi) is 5.06. The monoisotopic (exact) mass is 376 g/mol. The first-order valence-electron chi connectivity index (χ1n) is 10.5. The molecule has 0 radical (unpaired) electrons. The summed E-state index contributed by atoms with van der Waals surface area (Å²) in [6, 6.07) is 18.2. The zero-order valence-corrected chi connectivity index (χ0v) is 16.3. The normalized spacial score (nSPS) is 23.6. The Morgan fingerprint density at radius 3 is 1.61 bits per heavy atom. The second kappa shape index (κ2) is 7.98. The first-order valence-corrected chi connectivity index (χ1v) is 10.5. The highest BCUT2D eigenvalue weighted by molar-refractivity contribution is 5.28. The van der Waals surface area contributed by atoms with Crippen LogP contribution < -0.4 is 0 Å². The summed E-state index contributed by atoms with van der Waals surface area (Å²) in [5, 5.41) is 0. The van der Waals surface area contributed by atoms with E-state index in [1.54, 1.807) is 12.5 Å². The van der Waals surface area contributed by atoms with Gasteiger partial charge in [-0.15, -0.1) is 0 Å². The fraction of sp³-hybridized carbons (Fsp3) is 0.417. The largest absolute Gasteiger partial charge is 0.468 e. The number of nitrogens with zero attached hydrogens (tertiary/aromatic N) is 2. The smallest absolute Gasteiger partial charge is 0.117 e. The van der Waals surface area contributed by atoms with Gasteiger partial charge in [-0.1, -0.05) is 37.1 Å². The molecule has 2 atom stereocenters. The van der Waals surface area contributed by atoms with E-state index in [0.717, 1.165) is 37.7 Å². The van der Waals surface area contributed by atoms with Crippen molar-refractivity contribution in [2.75, 3.05) is 0 Å². The Morgan fingerprint density at radius 2 is 1.18 bits per heavy atom. The molecule has 4 nitrogen and oxygen atoms in total. The predicted octanol–water partition coefficient (Wildman–Crippen LogP) is 5.20. The van der Waals surface area contributed by atoms with Gasteiger partial charge in [0.15, 0.2) is 0 Å². The van der Waals surface area contributed by atoms with Crippen LogP contribution in [-0.4, -0.2) is 21.9 Å². The van der Waals surface area contributed by atoms with E-state index in [9.17, 15) is 0 Å². The number of rotatable bonds is 4. The summed E-state index contributed by atoms with van der Waals surface area (Å²) in [6.45, 7) is 3.73. The summed E-state index contributed by atoms with van der Waals surface area (Å²) in [4.78, 5) is 5.30. The number of hydrogen-bond donors (Lipinski definition) is 0. The lowest BCUT2D eigenvalue weighted by molar-refractivity contribution is 0.0165. The van der Waals surface area contributed by atoms with Crippen LogP contribution in [0, 0.1) is 0 Å². The maximum Gasteiger partial charge on any atom is 0.117 e. The first-order chi connectivity index (χ1) is 13.9. The van der Waals surface area contributed by atoms with Crippen LogP contribution >= 0.6 is 0 Å². The lowest BCUT2D eigenvalue weighted by Gasteiger charge is -2.47. The highest BCUT2D eigenvalue weighted by Crippen LogP contribution is 2.34. The van der Waals surface area contributed by atoms with Crippen LogP contribution in [0.15, 0.2) is 69.9 Å². The van der Waals surface area contributed by atoms with Crippen LogP contribution in [0.3, 0.4) is 0 Å². The predicted molar refractivity (Wildman–Crippen MR) is 108 cm³/mol. The molecule has 5 rings (SSSR count). The fourth-order valence-electron chi connectivity index (χ4n) is 5.03. The number of furan rings is 2. The van der Waals surface area contributed by atoms with E-state index in [1.165, 1.54) is 36.8 Å². The van der Waals surface area contributed by atoms with E-state index in [-0.39, 0.29) is 0 Å². The molecule has 0 bridgehead atoms. The summed E-state index contributed by atoms with van der Waals surface area (Å²) < 4.78 is 11.4. The molecule has 0 spiro atoms. The summed E-state index contributed by atoms with van der Waals surface area (Å²) in [5.74, 6) is 2.11. The van der Waals surface area contributed by atoms with Gasteiger partial charge in [0, 0.05) is 25.2 Å². The summed E-state index contributed by atoms with van der Waals surface area (Å²) in [5.41, 5.74) is 2.87. The molecule has 28 heavy (non-hydrogen) atoms. The molecule has 0 unspecified atom stereocenters. The minimum Gasteiger partial charge on any atom is -0.468 e. The minimum atomic E-state index is 0.544. The van der Waals surface area contributed by atoms with Crippen molar-refractivity contribution in [3.05, 3.63) is 83.7 Å². The van der Waals surface area contributed by atoms with Crippen molar-refractivity contribution < 1.29 is 8.83 Å². The Morgan fingerprint density at radius 1 is 0.679 bits per heavy atom. The van der Waals surface area contributed by atoms with Gasteiger partial charge in [-0.25, -0.2) is 0 Å². The second-order valence-electron chi connectivity index (χ2n) is 8.16. The molecule has 3 aromatic rings. The molecule has 2 aliphatic rings. The average Bonchev–Trinajstić information content (AvgIpc) is 3.41. The lowest BCUT2D eigenvalue weighted by atomic mass is 9.85. The molecule has 3 heterocycles. The second-order valence-corrected chi connectivity index (χ2v) is 8.16. The SMILES string of the molecule is c1coc(CN2Cc3ccccc3CN(Cc3ccco3)[C@@H]3CCCC[C@H]32)c1. The van der Waals surface area contributed by atoms with Crippen molar-refractivity contribution in [3.63, 3.8) is 0 Å². The summed E-state index contributed by atoms with van der Waals surface area (Å²) in [6.07, 6.45) is 8.70. The van der Waals surface area contributed by atoms with Crippen LogP contribution in [0.4, 0.5) is 0 Å². The van der Waals surface area contributed by atoms with Gasteiger partial charge in [0.1, 0.15) is 11.5 Å². The third-order valence-electron chi connectivity index (χ3n) is 6.38. The van der Waals surface area contributed by atoms with E-state index in [2.05, 4.69) is 46.2 Å². The maximum absolute atomic E-state index is 5.72. The zero-order valence-electron chi connectivity index (χ0n) is 16.3. The molecule has 0 amide bonds. The topological polar surface area (TPSA) is 32.8 Å². The van der Waals surface area contributed by atoms with Gasteiger partial charge in [-0.3, -0.25) is 9.80 Å². The van der Waals surface area contributed by atoms with Gasteiger partial charge in [0.05, 0.1) is 25.6 Å². The van der Waals surface area contributed by atoms with E-state index in [0.29, 0.717) is 12.1 Å². The highest BCUT2D eigenvalue weighted by Gasteiger charge is 2.36. The molecule has 0 saturated heterocycles. The number of hydrogen-bond acceptors (Lipinski definition) is 4. The molecule has 0 N–H and O–H groups in total. The van der Waals surface area contributed by atoms with Crippen molar-refractivity contribution in [2.45, 2.75) is 63.9 Å². The fourth-order valence-corrected chi connectivity index (χ4v) is 5.03. The summed E-state index contributed by atoms with van der Waals surface area (Å²) >= 11 is 0. The highest BCUT2D eigenvalue weighted by atomic mass is 16.3. The van der Waals surface area contributed by atoms with Gasteiger partial charge in [0.25, 0.3) is 0 Å². The Balaban J connectivity index is 1.51. The van der Waals surface area contributed by atoms with Gasteiger partial charge in [-0.2, -0.15) is 0 Å². The van der Waals surface area contributed by atoms with Crippen LogP contribution in [0.25, 0.3) is 0 Å². The molecule has 1 saturated carbocycles. The Labute approximate surface area is 166 Å². The van der Waals surface area contributed by atoms with Crippen molar-refractivity contribution in [3.8, 4) is 0 Å². The molecule has 1 aliphatic heterocycles. The lowest BCUT2D eigenvalue weighted by Crippen LogP contribution is -2.53. The molecule has 146 valence electrons. The van der Waals surface area contributed by atoms with Crippen molar-refractivity contribution in [1.29, 1.82) is 0 Å². The van der Waals surface area contributed by atoms with E-state index in [4.69, 9.17) is 8.83 Å². The standard InChI is InChI=1S/C24H28N2O2/c1-2-8-20-16-26(18-22-10-6-14-28-22)24-12-4-3-11-23(24)25(15-19(20)7-1)17-21-9-5-13-27-21/h1-2,5-10,13-14,23-24H,3-4,11-12,15-18H2/t23-,24-/m1/s1. The van der Waals surface area contributed by atoms with Crippen LogP contribution in [-0.2, 0) is 26.2 Å². The minimum absolute atomic E-state index is 0.544. The van der Waals surface area contributed by atoms with Crippen LogP contribution in [0.2, 0.25) is 0 Å². The maximum atomic E-state index is 5.72. The van der Waals surface area contributed by atoms with Crippen molar-refractivity contribution in [1.82, 2.24) is 9.80 Å². The van der Waals surface area contributed by atoms with Crippen molar-refractivity contribution in [2.24, 2.45) is 0 Å². The quantitative estimate of drug-likeness (QED) is 0.626. The van der Waals surface area contributed by atoms with Gasteiger partial charge >= 0.3 is 0 Å². The first kappa shape index (κ1) is 17.8. The third-order valence-corrected chi connectivity index (χ3v) is 6.38. The van der Waals surface area contributed by atoms with E-state index in [1.807, 2.05) is 12.1 Å². The number of benzene rings is 1. The molecule has 4 heteroatoms. The van der Waals surface area contributed by atoms with Gasteiger partial charge in [0.2, 0.25) is 0 Å². The average molecular weight is 377 g/mol. The molecule has 1 aliphatic carbocycles. The molecule has 2 aromatic heterocycles. The van der Waals surface area contributed by atoms with Crippen LogP contribution in [0.1, 0.15) is 48.3 Å². The Hall–Kier alpha value is -2.30. The van der Waals surface area contributed by atoms with E-state index >= 15 is 0 Å². The molecular weight excluding hydrogens is 348 g/mol. The zero-order chi connectivity index (χ0) is 18.8. The summed E-state index contributed by atoms with van der Waals surface area (Å²) in [7, 11) is 0. The molecular formula is C24H28N2O2. The van der Waals surface area contributed by atoms with Gasteiger partial charge in [-0.05, 0) is 48.2 Å². The van der Waals surface area contributed by atoms with Crippen molar-refractivity contribution >= 4 is 0 Å².